The van der Waals surface area contributed by atoms with Gasteiger partial charge < -0.3 is 10.2 Å². The molecule has 25 heavy (non-hydrogen) atoms. The lowest BCUT2D eigenvalue weighted by Gasteiger charge is -2.66. The van der Waals surface area contributed by atoms with E-state index in [1.807, 2.05) is 6.07 Å². The van der Waals surface area contributed by atoms with Gasteiger partial charge in [0.1, 0.15) is 5.78 Å². The molecule has 5 heteroatoms. The Labute approximate surface area is 149 Å². The van der Waals surface area contributed by atoms with E-state index in [9.17, 15) is 15.0 Å². The molecule has 2 N–H and O–H groups in total. The topological polar surface area (TPSA) is 64.0 Å². The van der Waals surface area contributed by atoms with Crippen molar-refractivity contribution in [3.8, 4) is 11.5 Å². The Morgan fingerprint density at radius 2 is 1.48 bits per heavy atom. The Morgan fingerprint density at radius 1 is 0.960 bits per heavy atom. The molecule has 1 aromatic rings. The van der Waals surface area contributed by atoms with Crippen LogP contribution in [-0.4, -0.2) is 52.0 Å². The van der Waals surface area contributed by atoms with Gasteiger partial charge >= 0.3 is 0 Å². The number of rotatable bonds is 5. The third-order valence-electron chi connectivity index (χ3n) is 6.43. The lowest BCUT2D eigenvalue weighted by atomic mass is 9.57. The summed E-state index contributed by atoms with van der Waals surface area (Å²) >= 11 is 0. The minimum atomic E-state index is -0.226. The molecule has 5 nitrogen and oxygen atoms in total. The fourth-order valence-electron chi connectivity index (χ4n) is 5.82. The van der Waals surface area contributed by atoms with Crippen molar-refractivity contribution in [1.29, 1.82) is 0 Å². The van der Waals surface area contributed by atoms with E-state index in [0.717, 1.165) is 57.4 Å². The number of phenols is 2. The van der Waals surface area contributed by atoms with Crippen molar-refractivity contribution in [1.82, 2.24) is 9.80 Å². The van der Waals surface area contributed by atoms with E-state index in [0.29, 0.717) is 5.78 Å². The Hall–Kier alpha value is -1.59. The first-order valence-electron chi connectivity index (χ1n) is 9.49. The number of carbonyl (C=O) groups excluding carboxylic acids is 1. The van der Waals surface area contributed by atoms with Crippen LogP contribution in [0.15, 0.2) is 18.2 Å². The van der Waals surface area contributed by atoms with Gasteiger partial charge in [-0.25, -0.2) is 0 Å². The van der Waals surface area contributed by atoms with E-state index in [1.165, 1.54) is 0 Å². The van der Waals surface area contributed by atoms with Crippen LogP contribution in [0.4, 0.5) is 0 Å². The van der Waals surface area contributed by atoms with Gasteiger partial charge in [0, 0.05) is 26.2 Å². The first-order valence-corrected chi connectivity index (χ1v) is 9.49. The molecule has 5 rings (SSSR count). The number of nitrogens with zero attached hydrogens (tertiary/aromatic N) is 2. The first kappa shape index (κ1) is 16.9. The minimum absolute atomic E-state index is 0.0728. The highest BCUT2D eigenvalue weighted by Gasteiger charge is 2.64. The van der Waals surface area contributed by atoms with Crippen LogP contribution >= 0.6 is 0 Å². The quantitative estimate of drug-likeness (QED) is 0.804. The van der Waals surface area contributed by atoms with E-state index in [-0.39, 0.29) is 28.5 Å². The van der Waals surface area contributed by atoms with Crippen LogP contribution in [0, 0.1) is 10.8 Å². The van der Waals surface area contributed by atoms with Crippen LogP contribution in [0.1, 0.15) is 51.3 Å². The molecule has 4 fully saturated rings. The van der Waals surface area contributed by atoms with Crippen molar-refractivity contribution in [2.45, 2.75) is 45.7 Å². The predicted octanol–water partition coefficient (Wildman–Crippen LogP) is 2.88. The number of ketones is 1. The summed E-state index contributed by atoms with van der Waals surface area (Å²) in [7, 11) is 0. The summed E-state index contributed by atoms with van der Waals surface area (Å²) in [5, 5.41) is 19.6. The van der Waals surface area contributed by atoms with E-state index < -0.39 is 0 Å². The zero-order valence-corrected chi connectivity index (χ0v) is 15.2. The summed E-state index contributed by atoms with van der Waals surface area (Å²) in [6.45, 7) is 7.58. The fourth-order valence-corrected chi connectivity index (χ4v) is 5.82. The van der Waals surface area contributed by atoms with Crippen molar-refractivity contribution in [3.63, 3.8) is 0 Å². The highest BCUT2D eigenvalue weighted by atomic mass is 16.3. The van der Waals surface area contributed by atoms with Crippen LogP contribution in [-0.2, 0) is 4.79 Å². The minimum Gasteiger partial charge on any atom is -0.504 e. The Bertz CT molecular complexity index is 658. The number of piperidine rings is 2. The highest BCUT2D eigenvalue weighted by Crippen LogP contribution is 2.55. The largest absolute Gasteiger partial charge is 0.504 e. The molecule has 0 radical (unpaired) electrons. The zero-order valence-electron chi connectivity index (χ0n) is 15.2. The number of Topliss-reactive ketones (excluding diaryl/α,β-unsaturated/α-hetero) is 1. The average molecular weight is 344 g/mol. The highest BCUT2D eigenvalue weighted by molar-refractivity contribution is 5.93. The third kappa shape index (κ3) is 2.32. The lowest BCUT2D eigenvalue weighted by molar-refractivity contribution is -0.205. The van der Waals surface area contributed by atoms with Crippen molar-refractivity contribution in [2.24, 2.45) is 10.8 Å². The molecule has 0 spiro atoms. The summed E-state index contributed by atoms with van der Waals surface area (Å²) in [5.74, 6) is 0.345. The second kappa shape index (κ2) is 5.71. The fraction of sp³-hybridized carbons (Fsp3) is 0.650. The molecule has 0 aliphatic carbocycles. The molecule has 136 valence electrons. The maximum atomic E-state index is 13.4. The molecule has 4 bridgehead atoms. The van der Waals surface area contributed by atoms with Crippen LogP contribution in [0.25, 0.3) is 0 Å². The van der Waals surface area contributed by atoms with Gasteiger partial charge in [0.15, 0.2) is 11.5 Å². The molecule has 4 aliphatic rings. The monoisotopic (exact) mass is 344 g/mol. The second-order valence-electron chi connectivity index (χ2n) is 8.32. The average Bonchev–Trinajstić information content (AvgIpc) is 2.55. The van der Waals surface area contributed by atoms with Gasteiger partial charge in [0.2, 0.25) is 0 Å². The molecule has 0 saturated carbocycles. The first-order chi connectivity index (χ1) is 11.9. The van der Waals surface area contributed by atoms with Gasteiger partial charge in [-0.15, -0.1) is 0 Å². The van der Waals surface area contributed by atoms with E-state index in [4.69, 9.17) is 0 Å². The summed E-state index contributed by atoms with van der Waals surface area (Å²) < 4.78 is 0. The third-order valence-corrected chi connectivity index (χ3v) is 6.43. The summed E-state index contributed by atoms with van der Waals surface area (Å²) in [6.07, 6.45) is 4.06. The standard InChI is InChI=1S/C20H28N2O3/c1-3-7-19-10-21-12-20(8-4-2,18(19)25)13-22(11-19)17(21)14-5-6-15(23)16(24)9-14/h5-6,9,17,23-24H,3-4,7-8,10-13H2,1-2H3. The molecule has 4 saturated heterocycles. The Morgan fingerprint density at radius 3 is 1.92 bits per heavy atom. The van der Waals surface area contributed by atoms with Gasteiger partial charge in [-0.05, 0) is 30.5 Å². The molecule has 1 aromatic carbocycles. The number of benzene rings is 1. The molecule has 0 unspecified atom stereocenters. The molecule has 0 aromatic heterocycles. The lowest BCUT2D eigenvalue weighted by Crippen LogP contribution is -2.76. The van der Waals surface area contributed by atoms with Gasteiger partial charge in [0.05, 0.1) is 17.0 Å². The van der Waals surface area contributed by atoms with E-state index >= 15 is 0 Å². The van der Waals surface area contributed by atoms with Crippen molar-refractivity contribution < 1.29 is 15.0 Å². The van der Waals surface area contributed by atoms with Gasteiger partial charge in [-0.3, -0.25) is 14.6 Å². The number of hydrogen-bond acceptors (Lipinski definition) is 5. The molecule has 4 aliphatic heterocycles. The smallest absolute Gasteiger partial charge is 0.157 e. The number of carbonyl (C=O) groups is 1. The SMILES string of the molecule is CCCC12CN3CC(CCC)(CN(C1)C3c1ccc(O)c(O)c1)C2=O. The van der Waals surface area contributed by atoms with Crippen molar-refractivity contribution in [2.75, 3.05) is 26.2 Å². The van der Waals surface area contributed by atoms with Crippen molar-refractivity contribution in [3.05, 3.63) is 23.8 Å². The number of hydrogen-bond donors (Lipinski definition) is 2. The normalized spacial score (nSPS) is 39.1. The molecule has 4 heterocycles. The second-order valence-corrected chi connectivity index (χ2v) is 8.32. The molecular formula is C20H28N2O3. The maximum Gasteiger partial charge on any atom is 0.157 e. The summed E-state index contributed by atoms with van der Waals surface area (Å²) in [5.41, 5.74) is 0.547. The van der Waals surface area contributed by atoms with Crippen LogP contribution in [0.2, 0.25) is 0 Å². The number of aromatic hydroxyl groups is 2. The van der Waals surface area contributed by atoms with E-state index in [2.05, 4.69) is 23.6 Å². The molecule has 0 amide bonds. The Kier molecular flexibility index (Phi) is 3.85. The maximum absolute atomic E-state index is 13.4. The van der Waals surface area contributed by atoms with Crippen molar-refractivity contribution >= 4 is 5.78 Å². The van der Waals surface area contributed by atoms with Gasteiger partial charge in [0.25, 0.3) is 0 Å². The summed E-state index contributed by atoms with van der Waals surface area (Å²) in [4.78, 5) is 18.3. The Balaban J connectivity index is 1.73. The summed E-state index contributed by atoms with van der Waals surface area (Å²) in [6, 6.07) is 5.12. The zero-order chi connectivity index (χ0) is 17.8. The molecule has 0 atom stereocenters. The number of phenolic OH excluding ortho intramolecular Hbond substituents is 2. The van der Waals surface area contributed by atoms with E-state index in [1.54, 1.807) is 12.1 Å². The van der Waals surface area contributed by atoms with Gasteiger partial charge in [-0.1, -0.05) is 32.8 Å². The molecular weight excluding hydrogens is 316 g/mol. The van der Waals surface area contributed by atoms with Crippen LogP contribution < -0.4 is 0 Å². The van der Waals surface area contributed by atoms with Gasteiger partial charge in [-0.2, -0.15) is 0 Å². The predicted molar refractivity (Wildman–Crippen MR) is 95.3 cm³/mol. The van der Waals surface area contributed by atoms with Crippen LogP contribution in [0.3, 0.4) is 0 Å². The van der Waals surface area contributed by atoms with Crippen LogP contribution in [0.5, 0.6) is 11.5 Å².